The van der Waals surface area contributed by atoms with E-state index < -0.39 is 0 Å². The Balaban J connectivity index is 1.65. The van der Waals surface area contributed by atoms with Crippen LogP contribution < -0.4 is 19.5 Å². The number of methoxy groups -OCH3 is 2. The minimum Gasteiger partial charge on any atom is -0.496 e. The van der Waals surface area contributed by atoms with Gasteiger partial charge in [0, 0.05) is 17.7 Å². The van der Waals surface area contributed by atoms with Crippen molar-refractivity contribution in [1.29, 1.82) is 0 Å². The quantitative estimate of drug-likeness (QED) is 0.592. The monoisotopic (exact) mass is 391 g/mol. The van der Waals surface area contributed by atoms with Gasteiger partial charge in [-0.2, -0.15) is 0 Å². The van der Waals surface area contributed by atoms with E-state index in [1.54, 1.807) is 32.4 Å². The van der Waals surface area contributed by atoms with Gasteiger partial charge in [-0.05, 0) is 42.3 Å². The molecule has 0 saturated heterocycles. The average Bonchev–Trinajstić information content (AvgIpc) is 2.78. The first kappa shape index (κ1) is 20.3. The number of carbonyl (C=O) groups is 1. The van der Waals surface area contributed by atoms with Crippen molar-refractivity contribution in [3.05, 3.63) is 89.5 Å². The second-order valence-electron chi connectivity index (χ2n) is 6.46. The van der Waals surface area contributed by atoms with Crippen molar-refractivity contribution in [3.63, 3.8) is 0 Å². The number of hydrogen-bond acceptors (Lipinski definition) is 4. The lowest BCUT2D eigenvalue weighted by Crippen LogP contribution is -2.25. The van der Waals surface area contributed by atoms with Gasteiger partial charge in [-0.3, -0.25) is 4.79 Å². The summed E-state index contributed by atoms with van der Waals surface area (Å²) in [5, 5.41) is 2.96. The van der Waals surface area contributed by atoms with Gasteiger partial charge in [0.05, 0.1) is 14.2 Å². The minimum absolute atomic E-state index is 0.123. The number of para-hydroxylation sites is 2. The summed E-state index contributed by atoms with van der Waals surface area (Å²) < 4.78 is 16.6. The average molecular weight is 391 g/mol. The van der Waals surface area contributed by atoms with Crippen LogP contribution in [0, 0.1) is 0 Å². The molecule has 0 fully saturated rings. The van der Waals surface area contributed by atoms with Gasteiger partial charge in [0.1, 0.15) is 12.4 Å². The predicted octanol–water partition coefficient (Wildman–Crippen LogP) is 4.26. The molecule has 0 heterocycles. The van der Waals surface area contributed by atoms with Crippen molar-refractivity contribution in [1.82, 2.24) is 5.32 Å². The van der Waals surface area contributed by atoms with Crippen LogP contribution in [0.15, 0.2) is 72.8 Å². The van der Waals surface area contributed by atoms with E-state index in [4.69, 9.17) is 14.2 Å². The molecular weight excluding hydrogens is 366 g/mol. The highest BCUT2D eigenvalue weighted by Gasteiger charge is 2.12. The van der Waals surface area contributed by atoms with Gasteiger partial charge >= 0.3 is 0 Å². The minimum atomic E-state index is -0.123. The fourth-order valence-corrected chi connectivity index (χ4v) is 2.99. The summed E-state index contributed by atoms with van der Waals surface area (Å²) in [6, 6.07) is 22.8. The van der Waals surface area contributed by atoms with Gasteiger partial charge in [0.2, 0.25) is 0 Å². The molecule has 0 aliphatic carbocycles. The molecular formula is C24H25NO4. The molecule has 5 nitrogen and oxygen atoms in total. The first-order chi connectivity index (χ1) is 14.2. The number of carbonyl (C=O) groups excluding carboxylic acids is 1. The zero-order chi connectivity index (χ0) is 20.5. The molecule has 0 bridgehead atoms. The van der Waals surface area contributed by atoms with Gasteiger partial charge in [-0.1, -0.05) is 42.5 Å². The molecule has 0 atom stereocenters. The fourth-order valence-electron chi connectivity index (χ4n) is 2.99. The van der Waals surface area contributed by atoms with Crippen molar-refractivity contribution in [3.8, 4) is 17.2 Å². The number of nitrogens with one attached hydrogen (secondary N) is 1. The topological polar surface area (TPSA) is 56.8 Å². The zero-order valence-electron chi connectivity index (χ0n) is 16.7. The third-order valence-electron chi connectivity index (χ3n) is 4.54. The second-order valence-corrected chi connectivity index (χ2v) is 6.46. The first-order valence-corrected chi connectivity index (χ1v) is 9.46. The number of ether oxygens (including phenoxy) is 3. The highest BCUT2D eigenvalue weighted by molar-refractivity contribution is 5.94. The highest BCUT2D eigenvalue weighted by Crippen LogP contribution is 2.28. The van der Waals surface area contributed by atoms with Gasteiger partial charge < -0.3 is 19.5 Å². The summed E-state index contributed by atoms with van der Waals surface area (Å²) in [5.41, 5.74) is 2.54. The Labute approximate surface area is 171 Å². The van der Waals surface area contributed by atoms with E-state index in [-0.39, 0.29) is 12.5 Å². The first-order valence-electron chi connectivity index (χ1n) is 9.46. The van der Waals surface area contributed by atoms with Crippen molar-refractivity contribution in [2.45, 2.75) is 13.0 Å². The van der Waals surface area contributed by atoms with Gasteiger partial charge in [-0.15, -0.1) is 0 Å². The molecule has 0 aliphatic heterocycles. The van der Waals surface area contributed by atoms with Crippen LogP contribution in [0.1, 0.15) is 21.5 Å². The molecule has 0 aromatic heterocycles. The van der Waals surface area contributed by atoms with E-state index in [1.807, 2.05) is 54.6 Å². The summed E-state index contributed by atoms with van der Waals surface area (Å²) in [7, 11) is 3.20. The van der Waals surface area contributed by atoms with Crippen molar-refractivity contribution < 1.29 is 19.0 Å². The van der Waals surface area contributed by atoms with Gasteiger partial charge in [0.15, 0.2) is 11.5 Å². The summed E-state index contributed by atoms with van der Waals surface area (Å²) in [4.78, 5) is 12.5. The smallest absolute Gasteiger partial charge is 0.251 e. The normalized spacial score (nSPS) is 10.3. The Kier molecular flexibility index (Phi) is 7.11. The van der Waals surface area contributed by atoms with Crippen LogP contribution in [-0.2, 0) is 13.0 Å². The molecule has 1 N–H and O–H groups in total. The van der Waals surface area contributed by atoms with E-state index in [9.17, 15) is 4.79 Å². The number of benzene rings is 3. The van der Waals surface area contributed by atoms with E-state index in [1.165, 1.54) is 5.56 Å². The third kappa shape index (κ3) is 5.51. The maximum absolute atomic E-state index is 12.5. The lowest BCUT2D eigenvalue weighted by Gasteiger charge is -2.14. The van der Waals surface area contributed by atoms with Crippen LogP contribution in [0.3, 0.4) is 0 Å². The largest absolute Gasteiger partial charge is 0.496 e. The summed E-state index contributed by atoms with van der Waals surface area (Å²) in [6.07, 6.45) is 0.784. The second kappa shape index (κ2) is 10.2. The van der Waals surface area contributed by atoms with Crippen LogP contribution >= 0.6 is 0 Å². The van der Waals surface area contributed by atoms with Crippen molar-refractivity contribution in [2.24, 2.45) is 0 Å². The Hall–Kier alpha value is -3.47. The molecule has 3 rings (SSSR count). The molecule has 0 unspecified atom stereocenters. The standard InChI is InChI=1S/C24H25NO4/c1-27-21-13-12-19(24(26)25-15-14-18-8-4-3-5-9-18)16-20(21)17-29-23-11-7-6-10-22(23)28-2/h3-13,16H,14-15,17H2,1-2H3,(H,25,26). The number of hydrogen-bond donors (Lipinski definition) is 1. The Bertz CT molecular complexity index is 941. The molecule has 3 aromatic carbocycles. The molecule has 0 aliphatic rings. The van der Waals surface area contributed by atoms with E-state index in [0.29, 0.717) is 29.4 Å². The Morgan fingerprint density at radius 3 is 2.24 bits per heavy atom. The third-order valence-corrected chi connectivity index (χ3v) is 4.54. The molecule has 29 heavy (non-hydrogen) atoms. The number of rotatable bonds is 9. The SMILES string of the molecule is COc1ccc(C(=O)NCCc2ccccc2)cc1COc1ccccc1OC. The van der Waals surface area contributed by atoms with Crippen molar-refractivity contribution >= 4 is 5.91 Å². The van der Waals surface area contributed by atoms with Crippen LogP contribution in [0.5, 0.6) is 17.2 Å². The molecule has 5 heteroatoms. The maximum Gasteiger partial charge on any atom is 0.251 e. The highest BCUT2D eigenvalue weighted by atomic mass is 16.5. The van der Waals surface area contributed by atoms with Crippen LogP contribution in [0.25, 0.3) is 0 Å². The molecule has 0 spiro atoms. The lowest BCUT2D eigenvalue weighted by atomic mass is 10.1. The van der Waals surface area contributed by atoms with E-state index >= 15 is 0 Å². The molecule has 0 radical (unpaired) electrons. The summed E-state index contributed by atoms with van der Waals surface area (Å²) in [5.74, 6) is 1.83. The lowest BCUT2D eigenvalue weighted by molar-refractivity contribution is 0.0954. The van der Waals surface area contributed by atoms with Crippen LogP contribution in [-0.4, -0.2) is 26.7 Å². The van der Waals surface area contributed by atoms with E-state index in [0.717, 1.165) is 12.0 Å². The molecule has 150 valence electrons. The van der Waals surface area contributed by atoms with Gasteiger partial charge in [-0.25, -0.2) is 0 Å². The van der Waals surface area contributed by atoms with Gasteiger partial charge in [0.25, 0.3) is 5.91 Å². The fraction of sp³-hybridized carbons (Fsp3) is 0.208. The van der Waals surface area contributed by atoms with E-state index in [2.05, 4.69) is 5.32 Å². The van der Waals surface area contributed by atoms with Crippen LogP contribution in [0.2, 0.25) is 0 Å². The Morgan fingerprint density at radius 2 is 1.52 bits per heavy atom. The van der Waals surface area contributed by atoms with Crippen molar-refractivity contribution in [2.75, 3.05) is 20.8 Å². The maximum atomic E-state index is 12.5. The molecule has 3 aromatic rings. The Morgan fingerprint density at radius 1 is 0.828 bits per heavy atom. The summed E-state index contributed by atoms with van der Waals surface area (Å²) >= 11 is 0. The summed E-state index contributed by atoms with van der Waals surface area (Å²) in [6.45, 7) is 0.830. The van der Waals surface area contributed by atoms with Crippen LogP contribution in [0.4, 0.5) is 0 Å². The molecule has 0 saturated carbocycles. The molecule has 1 amide bonds. The predicted molar refractivity (Wildman–Crippen MR) is 113 cm³/mol. The zero-order valence-corrected chi connectivity index (χ0v) is 16.7. The number of amides is 1.